The molecule has 0 aliphatic heterocycles. The number of anilines is 1. The molecule has 0 radical (unpaired) electrons. The first-order valence-corrected chi connectivity index (χ1v) is 7.50. The van der Waals surface area contributed by atoms with Gasteiger partial charge in [-0.3, -0.25) is 0 Å². The maximum atomic E-state index is 6.08. The van der Waals surface area contributed by atoms with Gasteiger partial charge in [0.2, 0.25) is 0 Å². The van der Waals surface area contributed by atoms with Crippen LogP contribution >= 0.6 is 22.9 Å². The van der Waals surface area contributed by atoms with Gasteiger partial charge in [-0.2, -0.15) is 0 Å². The van der Waals surface area contributed by atoms with Crippen LogP contribution in [0.15, 0.2) is 24.3 Å². The summed E-state index contributed by atoms with van der Waals surface area (Å²) in [4.78, 5) is 11.3. The van der Waals surface area contributed by atoms with E-state index in [0.717, 1.165) is 26.6 Å². The highest BCUT2D eigenvalue weighted by Crippen LogP contribution is 2.32. The number of fused-ring (bicyclic) bond motifs is 1. The molecule has 2 aromatic heterocycles. The van der Waals surface area contributed by atoms with E-state index in [4.69, 9.17) is 17.3 Å². The van der Waals surface area contributed by atoms with Crippen molar-refractivity contribution >= 4 is 39.0 Å². The quantitative estimate of drug-likeness (QED) is 0.774. The minimum Gasteiger partial charge on any atom is -0.383 e. The second-order valence-electron chi connectivity index (χ2n) is 4.80. The number of halogens is 1. The van der Waals surface area contributed by atoms with Crippen LogP contribution in [-0.4, -0.2) is 9.97 Å². The van der Waals surface area contributed by atoms with E-state index in [1.165, 1.54) is 10.4 Å². The standard InChI is InChI=1S/C15H14ClN3S/c1-8-9(2)20-15-13(8)14(17)18-12(19-15)7-10-4-3-5-11(16)6-10/h3-6H,7H2,1-2H3,(H2,17,18,19). The largest absolute Gasteiger partial charge is 0.383 e. The lowest BCUT2D eigenvalue weighted by atomic mass is 10.1. The molecular formula is C15H14ClN3S. The zero-order valence-corrected chi connectivity index (χ0v) is 12.8. The van der Waals surface area contributed by atoms with E-state index in [1.54, 1.807) is 11.3 Å². The highest BCUT2D eigenvalue weighted by atomic mass is 35.5. The van der Waals surface area contributed by atoms with Gasteiger partial charge in [0.15, 0.2) is 0 Å². The highest BCUT2D eigenvalue weighted by molar-refractivity contribution is 7.18. The first kappa shape index (κ1) is 13.3. The monoisotopic (exact) mass is 303 g/mol. The van der Waals surface area contributed by atoms with Crippen LogP contribution in [0.25, 0.3) is 10.2 Å². The van der Waals surface area contributed by atoms with Gasteiger partial charge in [0.05, 0.1) is 5.39 Å². The first-order chi connectivity index (χ1) is 9.54. The fraction of sp³-hybridized carbons (Fsp3) is 0.200. The Morgan fingerprint density at radius 2 is 2.05 bits per heavy atom. The Labute approximate surface area is 126 Å². The van der Waals surface area contributed by atoms with Gasteiger partial charge < -0.3 is 5.73 Å². The number of nitrogens with zero attached hydrogens (tertiary/aromatic N) is 2. The number of thiophene rings is 1. The van der Waals surface area contributed by atoms with Crippen LogP contribution in [0.1, 0.15) is 21.8 Å². The van der Waals surface area contributed by atoms with Crippen molar-refractivity contribution in [1.29, 1.82) is 0 Å². The van der Waals surface area contributed by atoms with Gasteiger partial charge in [-0.15, -0.1) is 11.3 Å². The SMILES string of the molecule is Cc1sc2nc(Cc3cccc(Cl)c3)nc(N)c2c1C. The number of rotatable bonds is 2. The van der Waals surface area contributed by atoms with Crippen LogP contribution in [0.3, 0.4) is 0 Å². The normalized spacial score (nSPS) is 11.2. The molecule has 0 aliphatic carbocycles. The fourth-order valence-electron chi connectivity index (χ4n) is 2.24. The van der Waals surface area contributed by atoms with Crippen LogP contribution < -0.4 is 5.73 Å². The molecule has 2 N–H and O–H groups in total. The zero-order chi connectivity index (χ0) is 14.3. The third-order valence-electron chi connectivity index (χ3n) is 3.35. The van der Waals surface area contributed by atoms with Crippen LogP contribution in [-0.2, 0) is 6.42 Å². The second-order valence-corrected chi connectivity index (χ2v) is 6.43. The molecule has 0 atom stereocenters. The third kappa shape index (κ3) is 2.37. The Hall–Kier alpha value is -1.65. The molecule has 0 saturated carbocycles. The molecular weight excluding hydrogens is 290 g/mol. The van der Waals surface area contributed by atoms with Crippen LogP contribution in [0.2, 0.25) is 5.02 Å². The second kappa shape index (κ2) is 5.04. The summed E-state index contributed by atoms with van der Waals surface area (Å²) < 4.78 is 0. The van der Waals surface area contributed by atoms with Crippen LogP contribution in [0.5, 0.6) is 0 Å². The Morgan fingerprint density at radius 1 is 1.25 bits per heavy atom. The van der Waals surface area contributed by atoms with Gasteiger partial charge in [0.1, 0.15) is 16.5 Å². The Bertz CT molecular complexity index is 795. The number of benzene rings is 1. The summed E-state index contributed by atoms with van der Waals surface area (Å²) in [6.07, 6.45) is 0.636. The summed E-state index contributed by atoms with van der Waals surface area (Å²) in [5.41, 5.74) is 8.35. The average Bonchev–Trinajstić information content (AvgIpc) is 2.65. The van der Waals surface area contributed by atoms with Crippen molar-refractivity contribution in [1.82, 2.24) is 9.97 Å². The van der Waals surface area contributed by atoms with Crippen LogP contribution in [0, 0.1) is 13.8 Å². The van der Waals surface area contributed by atoms with Gasteiger partial charge >= 0.3 is 0 Å². The van der Waals surface area contributed by atoms with Crippen molar-refractivity contribution < 1.29 is 0 Å². The summed E-state index contributed by atoms with van der Waals surface area (Å²) in [7, 11) is 0. The molecule has 3 aromatic rings. The Kier molecular flexibility index (Phi) is 3.36. The van der Waals surface area contributed by atoms with E-state index in [-0.39, 0.29) is 0 Å². The van der Waals surface area contributed by atoms with E-state index in [1.807, 2.05) is 24.3 Å². The Morgan fingerprint density at radius 3 is 2.80 bits per heavy atom. The van der Waals surface area contributed by atoms with E-state index < -0.39 is 0 Å². The minimum atomic E-state index is 0.564. The smallest absolute Gasteiger partial charge is 0.136 e. The van der Waals surface area contributed by atoms with Gasteiger partial charge in [-0.25, -0.2) is 9.97 Å². The van der Waals surface area contributed by atoms with Gasteiger partial charge in [0.25, 0.3) is 0 Å². The number of hydrogen-bond donors (Lipinski definition) is 1. The van der Waals surface area contributed by atoms with E-state index in [9.17, 15) is 0 Å². The predicted octanol–water partition coefficient (Wildman–Crippen LogP) is 4.13. The van der Waals surface area contributed by atoms with Gasteiger partial charge in [0, 0.05) is 16.3 Å². The van der Waals surface area contributed by atoms with Crippen molar-refractivity contribution in [2.24, 2.45) is 0 Å². The van der Waals surface area contributed by atoms with Crippen molar-refractivity contribution in [3.8, 4) is 0 Å². The van der Waals surface area contributed by atoms with E-state index in [2.05, 4.69) is 23.8 Å². The summed E-state index contributed by atoms with van der Waals surface area (Å²) in [6, 6.07) is 7.73. The molecule has 102 valence electrons. The molecule has 0 saturated heterocycles. The molecule has 0 amide bonds. The highest BCUT2D eigenvalue weighted by Gasteiger charge is 2.12. The minimum absolute atomic E-state index is 0.564. The Balaban J connectivity index is 2.05. The molecule has 5 heteroatoms. The summed E-state index contributed by atoms with van der Waals surface area (Å²) in [5, 5.41) is 1.71. The maximum absolute atomic E-state index is 6.08. The summed E-state index contributed by atoms with van der Waals surface area (Å²) in [6.45, 7) is 4.14. The van der Waals surface area contributed by atoms with Crippen molar-refractivity contribution in [3.63, 3.8) is 0 Å². The molecule has 1 aromatic carbocycles. The molecule has 2 heterocycles. The lowest BCUT2D eigenvalue weighted by Crippen LogP contribution is -2.01. The fourth-order valence-corrected chi connectivity index (χ4v) is 3.50. The van der Waals surface area contributed by atoms with Crippen molar-refractivity contribution in [2.45, 2.75) is 20.3 Å². The predicted molar refractivity (Wildman–Crippen MR) is 85.6 cm³/mol. The summed E-state index contributed by atoms with van der Waals surface area (Å²) >= 11 is 7.66. The van der Waals surface area contributed by atoms with Crippen molar-refractivity contribution in [2.75, 3.05) is 5.73 Å². The zero-order valence-electron chi connectivity index (χ0n) is 11.3. The first-order valence-electron chi connectivity index (χ1n) is 6.31. The molecule has 0 spiro atoms. The lowest BCUT2D eigenvalue weighted by molar-refractivity contribution is 1.00. The summed E-state index contributed by atoms with van der Waals surface area (Å²) in [5.74, 6) is 1.30. The van der Waals surface area contributed by atoms with Crippen molar-refractivity contribution in [3.05, 3.63) is 51.1 Å². The van der Waals surface area contributed by atoms with Crippen LogP contribution in [0.4, 0.5) is 5.82 Å². The van der Waals surface area contributed by atoms with Gasteiger partial charge in [-0.1, -0.05) is 23.7 Å². The topological polar surface area (TPSA) is 51.8 Å². The molecule has 0 fully saturated rings. The molecule has 3 nitrogen and oxygen atoms in total. The number of nitrogen functional groups attached to an aromatic ring is 1. The molecule has 0 aliphatic rings. The van der Waals surface area contributed by atoms with Gasteiger partial charge in [-0.05, 0) is 37.1 Å². The molecule has 3 rings (SSSR count). The number of nitrogens with two attached hydrogens (primary N) is 1. The number of aromatic nitrogens is 2. The maximum Gasteiger partial charge on any atom is 0.136 e. The van der Waals surface area contributed by atoms with E-state index in [0.29, 0.717) is 12.2 Å². The van der Waals surface area contributed by atoms with E-state index >= 15 is 0 Å². The lowest BCUT2D eigenvalue weighted by Gasteiger charge is -2.04. The third-order valence-corrected chi connectivity index (χ3v) is 4.69. The average molecular weight is 304 g/mol. The molecule has 0 unspecified atom stereocenters. The molecule has 20 heavy (non-hydrogen) atoms. The molecule has 0 bridgehead atoms. The number of hydrogen-bond acceptors (Lipinski definition) is 4. The number of aryl methyl sites for hydroxylation is 2.